The van der Waals surface area contributed by atoms with Crippen LogP contribution < -0.4 is 20.1 Å². The van der Waals surface area contributed by atoms with Gasteiger partial charge in [0.05, 0.1) is 33.3 Å². The SMILES string of the molecule is CCOc1cc(NC(=O)C(=O)NC(CC(=O)OC)c2ccc(Br)cc2)ccc1OC. The molecular formula is C21H23BrN2O6. The summed E-state index contributed by atoms with van der Waals surface area (Å²) in [7, 11) is 2.77. The molecule has 0 aliphatic carbocycles. The Bertz CT molecular complexity index is 901. The molecule has 0 bridgehead atoms. The number of amides is 2. The number of halogens is 1. The standard InChI is InChI=1S/C21H23BrN2O6/c1-4-30-18-11-15(9-10-17(18)28-2)23-20(26)21(27)24-16(12-19(25)29-3)13-5-7-14(22)8-6-13/h5-11,16H,4,12H2,1-3H3,(H,23,26)(H,24,27). The molecule has 0 radical (unpaired) electrons. The van der Waals surface area contributed by atoms with E-state index < -0.39 is 23.8 Å². The van der Waals surface area contributed by atoms with E-state index in [4.69, 9.17) is 14.2 Å². The number of methoxy groups -OCH3 is 2. The fourth-order valence-corrected chi connectivity index (χ4v) is 2.90. The first-order chi connectivity index (χ1) is 14.4. The smallest absolute Gasteiger partial charge is 0.313 e. The van der Waals surface area contributed by atoms with Gasteiger partial charge in [-0.3, -0.25) is 14.4 Å². The van der Waals surface area contributed by atoms with Crippen LogP contribution in [-0.4, -0.2) is 38.6 Å². The Morgan fingerprint density at radius 3 is 2.30 bits per heavy atom. The quantitative estimate of drug-likeness (QED) is 0.445. The molecule has 9 heteroatoms. The van der Waals surface area contributed by atoms with E-state index in [0.717, 1.165) is 4.47 Å². The van der Waals surface area contributed by atoms with Crippen molar-refractivity contribution >= 4 is 39.4 Å². The average molecular weight is 479 g/mol. The summed E-state index contributed by atoms with van der Waals surface area (Å²) in [4.78, 5) is 36.6. The van der Waals surface area contributed by atoms with Crippen LogP contribution in [0.4, 0.5) is 5.69 Å². The van der Waals surface area contributed by atoms with Crippen molar-refractivity contribution in [1.29, 1.82) is 0 Å². The summed E-state index contributed by atoms with van der Waals surface area (Å²) in [5, 5.41) is 5.09. The van der Waals surface area contributed by atoms with Gasteiger partial charge in [0, 0.05) is 16.2 Å². The highest BCUT2D eigenvalue weighted by atomic mass is 79.9. The van der Waals surface area contributed by atoms with Gasteiger partial charge in [-0.25, -0.2) is 0 Å². The van der Waals surface area contributed by atoms with E-state index in [1.807, 2.05) is 6.92 Å². The molecule has 0 aromatic heterocycles. The topological polar surface area (TPSA) is 103 Å². The lowest BCUT2D eigenvalue weighted by atomic mass is 10.0. The van der Waals surface area contributed by atoms with Gasteiger partial charge in [0.25, 0.3) is 0 Å². The normalized spacial score (nSPS) is 11.2. The largest absolute Gasteiger partial charge is 0.493 e. The Labute approximate surface area is 183 Å². The van der Waals surface area contributed by atoms with E-state index >= 15 is 0 Å². The molecular weight excluding hydrogens is 456 g/mol. The monoisotopic (exact) mass is 478 g/mol. The predicted molar refractivity (Wildman–Crippen MR) is 114 cm³/mol. The van der Waals surface area contributed by atoms with E-state index in [2.05, 4.69) is 26.6 Å². The lowest BCUT2D eigenvalue weighted by molar-refractivity contribution is -0.142. The second-order valence-corrected chi connectivity index (χ2v) is 7.03. The van der Waals surface area contributed by atoms with E-state index in [1.165, 1.54) is 14.2 Å². The Balaban J connectivity index is 2.12. The molecule has 1 atom stereocenters. The van der Waals surface area contributed by atoms with E-state index in [0.29, 0.717) is 29.4 Å². The zero-order chi connectivity index (χ0) is 22.1. The third-order valence-corrected chi connectivity index (χ3v) is 4.63. The van der Waals surface area contributed by atoms with Gasteiger partial charge in [-0.15, -0.1) is 0 Å². The summed E-state index contributed by atoms with van der Waals surface area (Å²) in [6.07, 6.45) is -0.117. The Kier molecular flexibility index (Phi) is 8.67. The highest BCUT2D eigenvalue weighted by molar-refractivity contribution is 9.10. The van der Waals surface area contributed by atoms with Gasteiger partial charge in [-0.2, -0.15) is 0 Å². The molecule has 0 saturated carbocycles. The molecule has 2 amide bonds. The van der Waals surface area contributed by atoms with Gasteiger partial charge in [0.2, 0.25) is 0 Å². The van der Waals surface area contributed by atoms with Crippen LogP contribution in [0.25, 0.3) is 0 Å². The van der Waals surface area contributed by atoms with Crippen LogP contribution in [0, 0.1) is 0 Å². The van der Waals surface area contributed by atoms with Crippen molar-refractivity contribution in [3.05, 3.63) is 52.5 Å². The van der Waals surface area contributed by atoms with Gasteiger partial charge >= 0.3 is 17.8 Å². The summed E-state index contributed by atoms with van der Waals surface area (Å²) in [5.74, 6) is -1.33. The number of nitrogens with one attached hydrogen (secondary N) is 2. The second-order valence-electron chi connectivity index (χ2n) is 6.11. The molecule has 0 saturated heterocycles. The van der Waals surface area contributed by atoms with Crippen molar-refractivity contribution < 1.29 is 28.6 Å². The molecule has 8 nitrogen and oxygen atoms in total. The fraction of sp³-hybridized carbons (Fsp3) is 0.286. The molecule has 2 rings (SSSR count). The lowest BCUT2D eigenvalue weighted by Crippen LogP contribution is -2.38. The molecule has 2 aromatic carbocycles. The molecule has 160 valence electrons. The van der Waals surface area contributed by atoms with E-state index in [-0.39, 0.29) is 6.42 Å². The molecule has 0 aliphatic rings. The van der Waals surface area contributed by atoms with Crippen molar-refractivity contribution in [3.8, 4) is 11.5 Å². The van der Waals surface area contributed by atoms with Crippen LogP contribution in [0.2, 0.25) is 0 Å². The maximum Gasteiger partial charge on any atom is 0.313 e. The fourth-order valence-electron chi connectivity index (χ4n) is 2.63. The third-order valence-electron chi connectivity index (χ3n) is 4.10. The van der Waals surface area contributed by atoms with Gasteiger partial charge in [0.15, 0.2) is 11.5 Å². The van der Waals surface area contributed by atoms with E-state index in [9.17, 15) is 14.4 Å². The molecule has 0 heterocycles. The van der Waals surface area contributed by atoms with Crippen LogP contribution in [0.1, 0.15) is 24.9 Å². The van der Waals surface area contributed by atoms with Crippen LogP contribution in [0.3, 0.4) is 0 Å². The average Bonchev–Trinajstić information content (AvgIpc) is 2.74. The van der Waals surface area contributed by atoms with Gasteiger partial charge in [0.1, 0.15) is 0 Å². The van der Waals surface area contributed by atoms with Gasteiger partial charge in [-0.05, 0) is 36.8 Å². The first-order valence-corrected chi connectivity index (χ1v) is 9.92. The number of carbonyl (C=O) groups is 3. The highest BCUT2D eigenvalue weighted by Crippen LogP contribution is 2.30. The minimum absolute atomic E-state index is 0.117. The first kappa shape index (κ1) is 23.2. The summed E-state index contributed by atoms with van der Waals surface area (Å²) in [6.45, 7) is 2.23. The van der Waals surface area contributed by atoms with Crippen LogP contribution in [0.15, 0.2) is 46.9 Å². The summed E-state index contributed by atoms with van der Waals surface area (Å²) >= 11 is 3.34. The highest BCUT2D eigenvalue weighted by Gasteiger charge is 2.23. The van der Waals surface area contributed by atoms with Crippen LogP contribution in [0.5, 0.6) is 11.5 Å². The summed E-state index contributed by atoms with van der Waals surface area (Å²) in [5.41, 5.74) is 1.03. The lowest BCUT2D eigenvalue weighted by Gasteiger charge is -2.18. The number of carbonyl (C=O) groups excluding carboxylic acids is 3. The third kappa shape index (κ3) is 6.48. The first-order valence-electron chi connectivity index (χ1n) is 9.12. The van der Waals surface area contributed by atoms with Gasteiger partial charge < -0.3 is 24.8 Å². The number of anilines is 1. The number of hydrogen-bond donors (Lipinski definition) is 2. The Hall–Kier alpha value is -3.07. The number of rotatable bonds is 8. The van der Waals surface area contributed by atoms with Crippen molar-refractivity contribution in [1.82, 2.24) is 5.32 Å². The number of benzene rings is 2. The van der Waals surface area contributed by atoms with Crippen LogP contribution >= 0.6 is 15.9 Å². The molecule has 2 N–H and O–H groups in total. The maximum atomic E-state index is 12.5. The predicted octanol–water partition coefficient (Wildman–Crippen LogP) is 3.22. The molecule has 0 aliphatic heterocycles. The molecule has 0 spiro atoms. The van der Waals surface area contributed by atoms with E-state index in [1.54, 1.807) is 42.5 Å². The van der Waals surface area contributed by atoms with Crippen LogP contribution in [-0.2, 0) is 19.1 Å². The Morgan fingerprint density at radius 1 is 1.00 bits per heavy atom. The Morgan fingerprint density at radius 2 is 1.70 bits per heavy atom. The number of ether oxygens (including phenoxy) is 3. The molecule has 2 aromatic rings. The maximum absolute atomic E-state index is 12.5. The van der Waals surface area contributed by atoms with Crippen molar-refractivity contribution in [2.24, 2.45) is 0 Å². The minimum atomic E-state index is -0.888. The van der Waals surface area contributed by atoms with Gasteiger partial charge in [-0.1, -0.05) is 28.1 Å². The summed E-state index contributed by atoms with van der Waals surface area (Å²) in [6, 6.07) is 11.1. The number of hydrogen-bond acceptors (Lipinski definition) is 6. The second kappa shape index (κ2) is 11.2. The molecule has 0 fully saturated rings. The zero-order valence-electron chi connectivity index (χ0n) is 16.9. The molecule has 30 heavy (non-hydrogen) atoms. The summed E-state index contributed by atoms with van der Waals surface area (Å²) < 4.78 is 16.2. The van der Waals surface area contributed by atoms with Crippen molar-refractivity contribution in [3.63, 3.8) is 0 Å². The minimum Gasteiger partial charge on any atom is -0.493 e. The van der Waals surface area contributed by atoms with Crippen molar-refractivity contribution in [2.45, 2.75) is 19.4 Å². The number of esters is 1. The zero-order valence-corrected chi connectivity index (χ0v) is 18.4. The molecule has 1 unspecified atom stereocenters. The van der Waals surface area contributed by atoms with Crippen molar-refractivity contribution in [2.75, 3.05) is 26.1 Å².